The zero-order valence-electron chi connectivity index (χ0n) is 11.8. The van der Waals surface area contributed by atoms with E-state index in [1.54, 1.807) is 6.92 Å². The number of alkyl halides is 3. The molecule has 0 spiro atoms. The number of pyridine rings is 1. The second-order valence-corrected chi connectivity index (χ2v) is 6.40. The van der Waals surface area contributed by atoms with Gasteiger partial charge in [-0.25, -0.2) is 4.98 Å². The molecule has 120 valence electrons. The predicted octanol–water partition coefficient (Wildman–Crippen LogP) is 1.85. The summed E-state index contributed by atoms with van der Waals surface area (Å²) >= 11 is 0. The van der Waals surface area contributed by atoms with E-state index < -0.39 is 28.6 Å². The van der Waals surface area contributed by atoms with Gasteiger partial charge in [0.25, 0.3) is 5.91 Å². The molecule has 0 aliphatic carbocycles. The molecule has 1 amide bonds. The summed E-state index contributed by atoms with van der Waals surface area (Å²) in [6.45, 7) is 1.71. The minimum atomic E-state index is -4.53. The molecule has 1 N–H and O–H groups in total. The van der Waals surface area contributed by atoms with E-state index >= 15 is 0 Å². The summed E-state index contributed by atoms with van der Waals surface area (Å²) in [6.07, 6.45) is -0.897. The van der Waals surface area contributed by atoms with Crippen molar-refractivity contribution in [1.82, 2.24) is 14.7 Å². The molecule has 2 aromatic rings. The number of carbonyl (C=O) groups excluding carboxylic acids is 1. The van der Waals surface area contributed by atoms with Crippen LogP contribution in [0.15, 0.2) is 24.5 Å². The number of halogens is 3. The molecule has 2 aromatic heterocycles. The van der Waals surface area contributed by atoms with E-state index in [2.05, 4.69) is 10.3 Å². The van der Waals surface area contributed by atoms with Crippen molar-refractivity contribution in [3.05, 3.63) is 35.8 Å². The fourth-order valence-electron chi connectivity index (χ4n) is 1.96. The molecule has 2 rings (SSSR count). The molecule has 5 nitrogen and oxygen atoms in total. The highest BCUT2D eigenvalue weighted by molar-refractivity contribution is 7.84. The maximum atomic E-state index is 12.6. The predicted molar refractivity (Wildman–Crippen MR) is 76.1 cm³/mol. The smallest absolute Gasteiger partial charge is 0.349 e. The molecular formula is C13H14F3N3O2S. The lowest BCUT2D eigenvalue weighted by Crippen LogP contribution is -2.36. The Morgan fingerprint density at radius 3 is 2.68 bits per heavy atom. The van der Waals surface area contributed by atoms with E-state index in [0.29, 0.717) is 5.75 Å². The van der Waals surface area contributed by atoms with Crippen LogP contribution in [-0.4, -0.2) is 37.6 Å². The number of carbonyl (C=O) groups is 1. The van der Waals surface area contributed by atoms with E-state index in [1.165, 1.54) is 24.6 Å². The molecular weight excluding hydrogens is 319 g/mol. The molecule has 9 heteroatoms. The van der Waals surface area contributed by atoms with Crippen LogP contribution >= 0.6 is 0 Å². The summed E-state index contributed by atoms with van der Waals surface area (Å²) in [5.41, 5.74) is -0.709. The average Bonchev–Trinajstić information content (AvgIpc) is 2.79. The summed E-state index contributed by atoms with van der Waals surface area (Å²) in [5.74, 6) is -0.140. The first kappa shape index (κ1) is 16.5. The van der Waals surface area contributed by atoms with Gasteiger partial charge in [-0.05, 0) is 19.1 Å². The lowest BCUT2D eigenvalue weighted by atomic mass is 10.2. The minimum Gasteiger partial charge on any atom is -0.349 e. The van der Waals surface area contributed by atoms with Gasteiger partial charge >= 0.3 is 6.18 Å². The molecule has 0 saturated heterocycles. The van der Waals surface area contributed by atoms with Crippen molar-refractivity contribution in [2.45, 2.75) is 19.1 Å². The Bertz CT molecular complexity index is 727. The van der Waals surface area contributed by atoms with Crippen molar-refractivity contribution in [1.29, 1.82) is 0 Å². The van der Waals surface area contributed by atoms with Crippen LogP contribution in [-0.2, 0) is 17.0 Å². The number of hydrogen-bond donors (Lipinski definition) is 1. The van der Waals surface area contributed by atoms with Crippen molar-refractivity contribution < 1.29 is 22.2 Å². The molecule has 0 aromatic carbocycles. The molecule has 0 bridgehead atoms. The molecule has 2 atom stereocenters. The number of fused-ring (bicyclic) bond motifs is 1. The summed E-state index contributed by atoms with van der Waals surface area (Å²) in [6, 6.07) is 2.43. The van der Waals surface area contributed by atoms with E-state index in [9.17, 15) is 22.2 Å². The maximum Gasteiger partial charge on any atom is 0.434 e. The Hall–Kier alpha value is -1.90. The standard InChI is InChI=1S/C13H14F3N3O2S/c1-8(7-22(2)21)17-12(20)9-3-4-11-18-10(13(14,15)16)6-19(11)5-9/h3-6,8H,7H2,1-2H3,(H,17,20). The first-order valence-corrected chi connectivity index (χ1v) is 8.06. The van der Waals surface area contributed by atoms with Crippen LogP contribution in [0.4, 0.5) is 13.2 Å². The van der Waals surface area contributed by atoms with Gasteiger partial charge in [-0.1, -0.05) is 0 Å². The fraction of sp³-hybridized carbons (Fsp3) is 0.385. The number of amides is 1. The second kappa shape index (κ2) is 6.07. The van der Waals surface area contributed by atoms with Gasteiger partial charge in [-0.2, -0.15) is 13.2 Å². The Kier molecular flexibility index (Phi) is 4.55. The summed E-state index contributed by atoms with van der Waals surface area (Å²) < 4.78 is 50.0. The Morgan fingerprint density at radius 1 is 1.41 bits per heavy atom. The van der Waals surface area contributed by atoms with Gasteiger partial charge in [0, 0.05) is 41.2 Å². The summed E-state index contributed by atoms with van der Waals surface area (Å²) in [5, 5.41) is 2.64. The van der Waals surface area contributed by atoms with Crippen LogP contribution in [0.1, 0.15) is 23.0 Å². The van der Waals surface area contributed by atoms with E-state index in [-0.39, 0.29) is 17.3 Å². The number of nitrogens with one attached hydrogen (secondary N) is 1. The summed E-state index contributed by atoms with van der Waals surface area (Å²) in [7, 11) is -1.05. The van der Waals surface area contributed by atoms with Gasteiger partial charge in [0.2, 0.25) is 0 Å². The average molecular weight is 333 g/mol. The van der Waals surface area contributed by atoms with E-state index in [0.717, 1.165) is 10.6 Å². The van der Waals surface area contributed by atoms with Gasteiger partial charge in [0.05, 0.1) is 5.56 Å². The Morgan fingerprint density at radius 2 is 2.09 bits per heavy atom. The first-order chi connectivity index (χ1) is 10.2. The largest absolute Gasteiger partial charge is 0.434 e. The highest BCUT2D eigenvalue weighted by atomic mass is 32.2. The van der Waals surface area contributed by atoms with Gasteiger partial charge < -0.3 is 9.72 Å². The van der Waals surface area contributed by atoms with Crippen LogP contribution in [0.5, 0.6) is 0 Å². The van der Waals surface area contributed by atoms with Crippen LogP contribution in [0.2, 0.25) is 0 Å². The Labute approximate surface area is 127 Å². The van der Waals surface area contributed by atoms with Gasteiger partial charge in [-0.15, -0.1) is 0 Å². The molecule has 22 heavy (non-hydrogen) atoms. The highest BCUT2D eigenvalue weighted by Crippen LogP contribution is 2.28. The minimum absolute atomic E-state index is 0.103. The third-order valence-corrected chi connectivity index (χ3v) is 3.84. The fourth-order valence-corrected chi connectivity index (χ4v) is 2.75. The molecule has 0 aliphatic rings. The van der Waals surface area contributed by atoms with Crippen molar-refractivity contribution in [2.24, 2.45) is 0 Å². The normalized spacial score (nSPS) is 14.8. The van der Waals surface area contributed by atoms with E-state index in [1.807, 2.05) is 0 Å². The molecule has 2 heterocycles. The first-order valence-electron chi connectivity index (χ1n) is 6.33. The second-order valence-electron chi connectivity index (χ2n) is 4.92. The summed E-state index contributed by atoms with van der Waals surface area (Å²) in [4.78, 5) is 15.5. The molecule has 2 unspecified atom stereocenters. The molecule has 0 saturated carbocycles. The third kappa shape index (κ3) is 3.85. The zero-order valence-corrected chi connectivity index (χ0v) is 12.7. The van der Waals surface area contributed by atoms with Gasteiger partial charge in [-0.3, -0.25) is 9.00 Å². The third-order valence-electron chi connectivity index (χ3n) is 2.87. The van der Waals surface area contributed by atoms with Crippen molar-refractivity contribution in [2.75, 3.05) is 12.0 Å². The van der Waals surface area contributed by atoms with Crippen LogP contribution in [0.25, 0.3) is 5.65 Å². The van der Waals surface area contributed by atoms with Crippen molar-refractivity contribution in [3.8, 4) is 0 Å². The van der Waals surface area contributed by atoms with Crippen LogP contribution in [0.3, 0.4) is 0 Å². The lowest BCUT2D eigenvalue weighted by Gasteiger charge is -2.12. The topological polar surface area (TPSA) is 63.5 Å². The lowest BCUT2D eigenvalue weighted by molar-refractivity contribution is -0.140. The number of imidazole rings is 1. The molecule has 0 fully saturated rings. The van der Waals surface area contributed by atoms with Crippen molar-refractivity contribution in [3.63, 3.8) is 0 Å². The molecule has 0 aliphatic heterocycles. The number of hydrogen-bond acceptors (Lipinski definition) is 3. The Balaban J connectivity index is 2.22. The number of nitrogens with zero attached hydrogens (tertiary/aromatic N) is 2. The zero-order chi connectivity index (χ0) is 16.5. The molecule has 0 radical (unpaired) electrons. The highest BCUT2D eigenvalue weighted by Gasteiger charge is 2.33. The SMILES string of the molecule is CC(CS(C)=O)NC(=O)c1ccc2nc(C(F)(F)F)cn2c1. The van der Waals surface area contributed by atoms with E-state index in [4.69, 9.17) is 0 Å². The monoisotopic (exact) mass is 333 g/mol. The van der Waals surface area contributed by atoms with Crippen molar-refractivity contribution >= 4 is 22.4 Å². The van der Waals surface area contributed by atoms with Gasteiger partial charge in [0.1, 0.15) is 5.65 Å². The number of rotatable bonds is 4. The van der Waals surface area contributed by atoms with Crippen LogP contribution in [0, 0.1) is 0 Å². The number of aromatic nitrogens is 2. The van der Waals surface area contributed by atoms with Gasteiger partial charge in [0.15, 0.2) is 5.69 Å². The van der Waals surface area contributed by atoms with Crippen LogP contribution < -0.4 is 5.32 Å². The maximum absolute atomic E-state index is 12.6. The quantitative estimate of drug-likeness (QED) is 0.929.